The predicted molar refractivity (Wildman–Crippen MR) is 172 cm³/mol. The molecule has 1 heterocycles. The summed E-state index contributed by atoms with van der Waals surface area (Å²) in [6.45, 7) is 12.2. The molecular formula is C33H41F3N4O5S. The highest BCUT2D eigenvalue weighted by Crippen LogP contribution is 2.38. The third-order valence-electron chi connectivity index (χ3n) is 7.45. The van der Waals surface area contributed by atoms with Gasteiger partial charge in [0.2, 0.25) is 5.91 Å². The molecule has 3 rings (SSSR count). The third-order valence-corrected chi connectivity index (χ3v) is 7.86. The minimum atomic E-state index is -4.78. The van der Waals surface area contributed by atoms with Gasteiger partial charge in [-0.2, -0.15) is 18.4 Å². The summed E-state index contributed by atoms with van der Waals surface area (Å²) in [5.41, 5.74) is -1.58. The molecule has 0 unspecified atom stereocenters. The molecule has 9 nitrogen and oxygen atoms in total. The normalized spacial score (nSPS) is 14.8. The van der Waals surface area contributed by atoms with Crippen LogP contribution in [0, 0.1) is 11.3 Å². The Hall–Kier alpha value is -3.73. The van der Waals surface area contributed by atoms with Crippen LogP contribution in [0.25, 0.3) is 0 Å². The average molecular weight is 663 g/mol. The number of hydrogen-bond donors (Lipinski definition) is 1. The van der Waals surface area contributed by atoms with Gasteiger partial charge < -0.3 is 24.4 Å². The molecule has 46 heavy (non-hydrogen) atoms. The number of carbonyl (C=O) groups excluding carboxylic acids is 2. The molecule has 13 heteroatoms. The molecule has 0 atom stereocenters. The van der Waals surface area contributed by atoms with Crippen molar-refractivity contribution in [2.24, 2.45) is 0 Å². The van der Waals surface area contributed by atoms with Crippen molar-refractivity contribution >= 4 is 34.8 Å². The summed E-state index contributed by atoms with van der Waals surface area (Å²) in [7, 11) is 0. The van der Waals surface area contributed by atoms with E-state index in [-0.39, 0.29) is 35.1 Å². The van der Waals surface area contributed by atoms with Gasteiger partial charge in [-0.3, -0.25) is 14.5 Å². The smallest absolute Gasteiger partial charge is 0.417 e. The molecule has 2 amide bonds. The van der Waals surface area contributed by atoms with Crippen LogP contribution in [0.15, 0.2) is 42.5 Å². The van der Waals surface area contributed by atoms with Crippen molar-refractivity contribution in [3.63, 3.8) is 0 Å². The zero-order valence-corrected chi connectivity index (χ0v) is 27.6. The Bertz CT molecular complexity index is 1420. The van der Waals surface area contributed by atoms with E-state index in [0.717, 1.165) is 22.8 Å². The van der Waals surface area contributed by atoms with Crippen LogP contribution in [-0.2, 0) is 30.7 Å². The minimum absolute atomic E-state index is 0.0326. The molecule has 0 aromatic heterocycles. The van der Waals surface area contributed by atoms with Gasteiger partial charge in [-0.15, -0.1) is 0 Å². The highest BCUT2D eigenvalue weighted by atomic mass is 32.1. The Balaban J connectivity index is 1.32. The standard InChI is InChI=1S/C33H41F3N4O5S/c1-31(2,3)24-9-12-26(13-10-24)45-20-19-44-18-17-43-16-14-38-28(41)7-6-15-39-30(46)40(29(42)32(39,4)5)25-11-8-23(22-37)27(21-25)33(34,35)36/h8-13,21H,6-7,14-20H2,1-5H3,(H,38,41). The predicted octanol–water partition coefficient (Wildman–Crippen LogP) is 5.60. The highest BCUT2D eigenvalue weighted by Gasteiger charge is 2.49. The first-order valence-corrected chi connectivity index (χ1v) is 15.4. The molecule has 2 aromatic carbocycles. The zero-order valence-electron chi connectivity index (χ0n) is 26.8. The van der Waals surface area contributed by atoms with E-state index in [4.69, 9.17) is 31.7 Å². The second-order valence-corrected chi connectivity index (χ2v) is 12.6. The Morgan fingerprint density at radius 3 is 2.24 bits per heavy atom. The summed E-state index contributed by atoms with van der Waals surface area (Å²) < 4.78 is 57.2. The van der Waals surface area contributed by atoms with Crippen molar-refractivity contribution in [2.45, 2.75) is 64.6 Å². The van der Waals surface area contributed by atoms with E-state index in [0.29, 0.717) is 46.0 Å². The number of alkyl halides is 3. The van der Waals surface area contributed by atoms with Gasteiger partial charge in [0.25, 0.3) is 5.91 Å². The molecule has 1 N–H and O–H groups in total. The summed E-state index contributed by atoms with van der Waals surface area (Å²) in [6, 6.07) is 12.6. The van der Waals surface area contributed by atoms with E-state index in [1.807, 2.05) is 12.1 Å². The number of nitriles is 1. The summed E-state index contributed by atoms with van der Waals surface area (Å²) in [6.07, 6.45) is -4.27. The number of carbonyl (C=O) groups is 2. The molecule has 1 saturated heterocycles. The van der Waals surface area contributed by atoms with Crippen molar-refractivity contribution < 1.29 is 37.0 Å². The van der Waals surface area contributed by atoms with Gasteiger partial charge in [0.05, 0.1) is 49.3 Å². The lowest BCUT2D eigenvalue weighted by atomic mass is 9.87. The fraction of sp³-hybridized carbons (Fsp3) is 0.515. The van der Waals surface area contributed by atoms with Crippen molar-refractivity contribution in [1.29, 1.82) is 5.26 Å². The number of benzene rings is 2. The van der Waals surface area contributed by atoms with Gasteiger partial charge in [-0.05, 0) is 73.8 Å². The number of nitrogens with one attached hydrogen (secondary N) is 1. The van der Waals surface area contributed by atoms with Crippen LogP contribution in [0.2, 0.25) is 0 Å². The molecule has 0 radical (unpaired) electrons. The second kappa shape index (κ2) is 15.7. The number of thiocarbonyl (C=S) groups is 1. The lowest BCUT2D eigenvalue weighted by Crippen LogP contribution is -2.44. The third kappa shape index (κ3) is 9.64. The maximum absolute atomic E-state index is 13.5. The van der Waals surface area contributed by atoms with Crippen LogP contribution in [0.1, 0.15) is 64.2 Å². The van der Waals surface area contributed by atoms with Crippen LogP contribution in [0.3, 0.4) is 0 Å². The second-order valence-electron chi connectivity index (χ2n) is 12.3. The fourth-order valence-electron chi connectivity index (χ4n) is 4.78. The fourth-order valence-corrected chi connectivity index (χ4v) is 5.29. The van der Waals surface area contributed by atoms with Gasteiger partial charge >= 0.3 is 6.18 Å². The van der Waals surface area contributed by atoms with E-state index in [9.17, 15) is 22.8 Å². The van der Waals surface area contributed by atoms with Crippen molar-refractivity contribution in [3.05, 3.63) is 59.2 Å². The summed E-state index contributed by atoms with van der Waals surface area (Å²) >= 11 is 5.48. The number of anilines is 1. The topological polar surface area (TPSA) is 104 Å². The Morgan fingerprint density at radius 2 is 1.63 bits per heavy atom. The molecule has 1 fully saturated rings. The summed E-state index contributed by atoms with van der Waals surface area (Å²) in [5.74, 6) is 0.0804. The minimum Gasteiger partial charge on any atom is -0.491 e. The number of rotatable bonds is 15. The maximum atomic E-state index is 13.5. The average Bonchev–Trinajstić information content (AvgIpc) is 3.15. The van der Waals surface area contributed by atoms with Crippen LogP contribution >= 0.6 is 12.2 Å². The first kappa shape index (κ1) is 36.7. The lowest BCUT2D eigenvalue weighted by molar-refractivity contribution is -0.137. The van der Waals surface area contributed by atoms with Crippen molar-refractivity contribution in [2.75, 3.05) is 51.0 Å². The molecule has 0 bridgehead atoms. The zero-order chi connectivity index (χ0) is 34.1. The van der Waals surface area contributed by atoms with Gasteiger partial charge in [0.15, 0.2) is 5.11 Å². The molecule has 0 saturated carbocycles. The van der Waals surface area contributed by atoms with Gasteiger partial charge in [-0.25, -0.2) is 0 Å². The van der Waals surface area contributed by atoms with Crippen LogP contribution < -0.4 is 15.0 Å². The van der Waals surface area contributed by atoms with E-state index < -0.39 is 28.7 Å². The lowest BCUT2D eigenvalue weighted by Gasteiger charge is -2.29. The summed E-state index contributed by atoms with van der Waals surface area (Å²) in [5, 5.41) is 11.9. The van der Waals surface area contributed by atoms with Crippen LogP contribution in [0.4, 0.5) is 18.9 Å². The molecule has 0 spiro atoms. The highest BCUT2D eigenvalue weighted by molar-refractivity contribution is 7.80. The molecule has 1 aliphatic rings. The van der Waals surface area contributed by atoms with Crippen LogP contribution in [-0.4, -0.2) is 73.5 Å². The summed E-state index contributed by atoms with van der Waals surface area (Å²) in [4.78, 5) is 28.2. The van der Waals surface area contributed by atoms with Crippen molar-refractivity contribution in [1.82, 2.24) is 10.2 Å². The molecule has 0 aliphatic carbocycles. The van der Waals surface area contributed by atoms with E-state index in [2.05, 4.69) is 38.2 Å². The van der Waals surface area contributed by atoms with E-state index in [1.54, 1.807) is 18.7 Å². The maximum Gasteiger partial charge on any atom is 0.417 e. The Morgan fingerprint density at radius 1 is 1.00 bits per heavy atom. The number of nitrogens with zero attached hydrogens (tertiary/aromatic N) is 3. The number of hydrogen-bond acceptors (Lipinski definition) is 7. The van der Waals surface area contributed by atoms with Crippen LogP contribution in [0.5, 0.6) is 5.75 Å². The Labute approximate surface area is 273 Å². The monoisotopic (exact) mass is 662 g/mol. The van der Waals surface area contributed by atoms with E-state index in [1.165, 1.54) is 17.7 Å². The molecule has 1 aliphatic heterocycles. The molecule has 2 aromatic rings. The van der Waals surface area contributed by atoms with Gasteiger partial charge in [-0.1, -0.05) is 32.9 Å². The van der Waals surface area contributed by atoms with Gasteiger partial charge in [0, 0.05) is 19.5 Å². The van der Waals surface area contributed by atoms with Crippen molar-refractivity contribution in [3.8, 4) is 11.8 Å². The largest absolute Gasteiger partial charge is 0.491 e. The first-order valence-electron chi connectivity index (χ1n) is 15.0. The molecular weight excluding hydrogens is 621 g/mol. The SMILES string of the molecule is CC(C)(C)c1ccc(OCCOCCOCCNC(=O)CCCN2C(=S)N(c3ccc(C#N)c(C(F)(F)F)c3)C(=O)C2(C)C)cc1. The number of halogens is 3. The molecule has 250 valence electrons. The first-order chi connectivity index (χ1) is 21.6. The van der Waals surface area contributed by atoms with E-state index >= 15 is 0 Å². The number of amides is 2. The number of ether oxygens (including phenoxy) is 3. The van der Waals surface area contributed by atoms with Gasteiger partial charge in [0.1, 0.15) is 17.9 Å². The Kier molecular flexibility index (Phi) is 12.5. The quantitative estimate of drug-likeness (QED) is 0.194.